The number of thiophene rings is 1. The second-order valence-corrected chi connectivity index (χ2v) is 6.80. The molecule has 2 heterocycles. The average molecular weight is 369 g/mol. The van der Waals surface area contributed by atoms with Gasteiger partial charge in [-0.05, 0) is 31.5 Å². The number of aromatic nitrogens is 2. The third-order valence-corrected chi connectivity index (χ3v) is 5.09. The lowest BCUT2D eigenvalue weighted by Crippen LogP contribution is -2.27. The molecular weight excluding hydrogens is 354 g/mol. The van der Waals surface area contributed by atoms with Crippen LogP contribution in [0.1, 0.15) is 16.0 Å². The van der Waals surface area contributed by atoms with Gasteiger partial charge in [-0.3, -0.25) is 9.36 Å². The van der Waals surface area contributed by atoms with E-state index in [-0.39, 0.29) is 23.6 Å². The second kappa shape index (κ2) is 6.98. The van der Waals surface area contributed by atoms with Crippen LogP contribution in [0.5, 0.6) is 11.5 Å². The van der Waals surface area contributed by atoms with Gasteiger partial charge in [0, 0.05) is 10.9 Å². The van der Waals surface area contributed by atoms with E-state index in [0.717, 1.165) is 10.4 Å². The van der Waals surface area contributed by atoms with E-state index in [1.165, 1.54) is 47.5 Å². The molecular formula is C18H15N3O4S. The molecule has 0 bridgehead atoms. The number of nitrogens with zero attached hydrogens (tertiary/aromatic N) is 3. The third-order valence-electron chi connectivity index (χ3n) is 3.97. The van der Waals surface area contributed by atoms with Crippen molar-refractivity contribution in [3.05, 3.63) is 50.9 Å². The van der Waals surface area contributed by atoms with Crippen LogP contribution in [-0.2, 0) is 11.3 Å². The van der Waals surface area contributed by atoms with E-state index in [0.29, 0.717) is 15.8 Å². The summed E-state index contributed by atoms with van der Waals surface area (Å²) >= 11 is 1.45. The average Bonchev–Trinajstić information content (AvgIpc) is 2.92. The molecule has 26 heavy (non-hydrogen) atoms. The van der Waals surface area contributed by atoms with Crippen molar-refractivity contribution in [1.29, 1.82) is 5.26 Å². The first-order chi connectivity index (χ1) is 12.4. The molecule has 0 saturated heterocycles. The van der Waals surface area contributed by atoms with Gasteiger partial charge in [0.2, 0.25) is 0 Å². The number of aryl methyl sites for hydroxylation is 2. The smallest absolute Gasteiger partial charge is 0.331 e. The number of esters is 1. The van der Waals surface area contributed by atoms with Crippen molar-refractivity contribution in [3.63, 3.8) is 0 Å². The van der Waals surface area contributed by atoms with Crippen LogP contribution in [0, 0.1) is 25.2 Å². The number of rotatable bonds is 4. The van der Waals surface area contributed by atoms with Gasteiger partial charge >= 0.3 is 5.97 Å². The molecule has 2 aromatic heterocycles. The third kappa shape index (κ3) is 3.17. The highest BCUT2D eigenvalue weighted by molar-refractivity contribution is 7.18. The first-order valence-electron chi connectivity index (χ1n) is 7.68. The van der Waals surface area contributed by atoms with Crippen molar-refractivity contribution in [3.8, 4) is 17.6 Å². The fraction of sp³-hybridized carbons (Fsp3) is 0.222. The van der Waals surface area contributed by atoms with E-state index in [1.54, 1.807) is 0 Å². The summed E-state index contributed by atoms with van der Waals surface area (Å²) in [6, 6.07) is 6.45. The fourth-order valence-corrected chi connectivity index (χ4v) is 3.49. The molecule has 0 aliphatic heterocycles. The molecule has 3 aromatic rings. The monoisotopic (exact) mass is 369 g/mol. The highest BCUT2D eigenvalue weighted by Gasteiger charge is 2.16. The van der Waals surface area contributed by atoms with Gasteiger partial charge in [0.15, 0.2) is 11.5 Å². The first-order valence-corrected chi connectivity index (χ1v) is 8.50. The number of carbonyl (C=O) groups excluding carboxylic acids is 1. The molecule has 0 atom stereocenters. The number of benzene rings is 1. The van der Waals surface area contributed by atoms with E-state index in [2.05, 4.69) is 4.98 Å². The molecule has 1 aromatic carbocycles. The molecule has 0 aliphatic rings. The van der Waals surface area contributed by atoms with Gasteiger partial charge in [-0.1, -0.05) is 0 Å². The van der Waals surface area contributed by atoms with Crippen molar-refractivity contribution >= 4 is 27.5 Å². The SMILES string of the molecule is COc1cc(C#N)ccc1OC(=O)Cn1cnc2sc(C)c(C)c2c1=O. The first kappa shape index (κ1) is 17.6. The van der Waals surface area contributed by atoms with Gasteiger partial charge in [0.25, 0.3) is 5.56 Å². The Bertz CT molecular complexity index is 1110. The maximum atomic E-state index is 12.6. The van der Waals surface area contributed by atoms with Gasteiger partial charge in [-0.15, -0.1) is 11.3 Å². The molecule has 0 unspecified atom stereocenters. The van der Waals surface area contributed by atoms with Crippen LogP contribution in [0.3, 0.4) is 0 Å². The molecule has 132 valence electrons. The summed E-state index contributed by atoms with van der Waals surface area (Å²) in [7, 11) is 1.41. The van der Waals surface area contributed by atoms with Gasteiger partial charge < -0.3 is 9.47 Å². The zero-order valence-electron chi connectivity index (χ0n) is 14.4. The Labute approximate surface area is 153 Å². The lowest BCUT2D eigenvalue weighted by atomic mass is 10.2. The predicted molar refractivity (Wildman–Crippen MR) is 96.7 cm³/mol. The number of methoxy groups -OCH3 is 1. The van der Waals surface area contributed by atoms with Crippen molar-refractivity contribution in [2.75, 3.05) is 7.11 Å². The van der Waals surface area contributed by atoms with Crippen LogP contribution in [0.4, 0.5) is 0 Å². The fourth-order valence-electron chi connectivity index (χ4n) is 2.50. The molecule has 0 N–H and O–H groups in total. The normalized spacial score (nSPS) is 10.5. The van der Waals surface area contributed by atoms with Crippen LogP contribution in [0.25, 0.3) is 10.2 Å². The minimum absolute atomic E-state index is 0.182. The van der Waals surface area contributed by atoms with Crippen LogP contribution >= 0.6 is 11.3 Å². The highest BCUT2D eigenvalue weighted by atomic mass is 32.1. The number of hydrogen-bond acceptors (Lipinski definition) is 7. The largest absolute Gasteiger partial charge is 0.493 e. The minimum Gasteiger partial charge on any atom is -0.493 e. The molecule has 0 fully saturated rings. The Hall–Kier alpha value is -3.18. The molecule has 0 radical (unpaired) electrons. The lowest BCUT2D eigenvalue weighted by molar-refractivity contribution is -0.135. The molecule has 0 amide bonds. The van der Waals surface area contributed by atoms with Gasteiger partial charge in [-0.2, -0.15) is 5.26 Å². The van der Waals surface area contributed by atoms with E-state index in [9.17, 15) is 9.59 Å². The van der Waals surface area contributed by atoms with Crippen molar-refractivity contribution in [2.24, 2.45) is 0 Å². The number of carbonyl (C=O) groups is 1. The zero-order chi connectivity index (χ0) is 18.8. The summed E-state index contributed by atoms with van der Waals surface area (Å²) in [5.41, 5.74) is 0.982. The number of fused-ring (bicyclic) bond motifs is 1. The topological polar surface area (TPSA) is 94.2 Å². The van der Waals surface area contributed by atoms with Gasteiger partial charge in [0.05, 0.1) is 30.5 Å². The Balaban J connectivity index is 1.86. The van der Waals surface area contributed by atoms with E-state index in [4.69, 9.17) is 14.7 Å². The Morgan fingerprint density at radius 2 is 2.12 bits per heavy atom. The van der Waals surface area contributed by atoms with Crippen LogP contribution in [0.15, 0.2) is 29.3 Å². The van der Waals surface area contributed by atoms with Crippen LogP contribution in [0.2, 0.25) is 0 Å². The Kier molecular flexibility index (Phi) is 4.73. The minimum atomic E-state index is -0.638. The van der Waals surface area contributed by atoms with E-state index >= 15 is 0 Å². The summed E-state index contributed by atoms with van der Waals surface area (Å²) in [5, 5.41) is 9.44. The van der Waals surface area contributed by atoms with Gasteiger partial charge in [0.1, 0.15) is 11.4 Å². The van der Waals surface area contributed by atoms with Crippen molar-refractivity contribution in [1.82, 2.24) is 9.55 Å². The Morgan fingerprint density at radius 1 is 1.35 bits per heavy atom. The molecule has 3 rings (SSSR count). The number of nitriles is 1. The van der Waals surface area contributed by atoms with Crippen LogP contribution in [-0.4, -0.2) is 22.6 Å². The Morgan fingerprint density at radius 3 is 2.81 bits per heavy atom. The highest BCUT2D eigenvalue weighted by Crippen LogP contribution is 2.28. The second-order valence-electron chi connectivity index (χ2n) is 5.59. The van der Waals surface area contributed by atoms with Crippen LogP contribution < -0.4 is 15.0 Å². The summed E-state index contributed by atoms with van der Waals surface area (Å²) in [5.74, 6) is -0.190. The quantitative estimate of drug-likeness (QED) is 0.518. The molecule has 0 saturated carbocycles. The van der Waals surface area contributed by atoms with E-state index in [1.807, 2.05) is 19.9 Å². The molecule has 8 heteroatoms. The van der Waals surface area contributed by atoms with E-state index < -0.39 is 5.97 Å². The number of hydrogen-bond donors (Lipinski definition) is 0. The zero-order valence-corrected chi connectivity index (χ0v) is 15.2. The number of ether oxygens (including phenoxy) is 2. The predicted octanol–water partition coefficient (Wildman–Crippen LogP) is 2.56. The van der Waals surface area contributed by atoms with Crippen molar-refractivity contribution < 1.29 is 14.3 Å². The maximum Gasteiger partial charge on any atom is 0.331 e. The standard InChI is InChI=1S/C18H15N3O4S/c1-10-11(2)26-17-16(10)18(23)21(9-20-17)8-15(22)25-13-5-4-12(7-19)6-14(13)24-3/h4-6,9H,8H2,1-3H3. The summed E-state index contributed by atoms with van der Waals surface area (Å²) in [4.78, 5) is 30.8. The molecule has 0 aliphatic carbocycles. The maximum absolute atomic E-state index is 12.6. The summed E-state index contributed by atoms with van der Waals surface area (Å²) in [6.45, 7) is 3.51. The summed E-state index contributed by atoms with van der Waals surface area (Å²) in [6.07, 6.45) is 1.34. The van der Waals surface area contributed by atoms with Crippen molar-refractivity contribution in [2.45, 2.75) is 20.4 Å². The lowest BCUT2D eigenvalue weighted by Gasteiger charge is -2.10. The molecule has 7 nitrogen and oxygen atoms in total. The molecule has 0 spiro atoms. The van der Waals surface area contributed by atoms with Gasteiger partial charge in [-0.25, -0.2) is 9.78 Å². The summed E-state index contributed by atoms with van der Waals surface area (Å²) < 4.78 is 11.6.